The molecule has 0 unspecified atom stereocenters. The summed E-state index contributed by atoms with van der Waals surface area (Å²) in [6.07, 6.45) is 5.58. The molecule has 0 saturated heterocycles. The third-order valence-corrected chi connectivity index (χ3v) is 5.79. The summed E-state index contributed by atoms with van der Waals surface area (Å²) in [6, 6.07) is 16.0. The SMILES string of the molecule is CCc1cc2c(c(-c3cccc4cc(-c5ccc(C=O)nc5)ncc34)c1)NCCC(=O)N2. The highest BCUT2D eigenvalue weighted by Crippen LogP contribution is 2.40. The van der Waals surface area contributed by atoms with Crippen molar-refractivity contribution in [1.82, 2.24) is 9.97 Å². The molecule has 2 aromatic carbocycles. The number of aldehydes is 1. The molecular weight excluding hydrogens is 400 g/mol. The lowest BCUT2D eigenvalue weighted by Gasteiger charge is -2.17. The number of nitrogens with one attached hydrogen (secondary N) is 2. The number of carbonyl (C=O) groups excluding carboxylic acids is 2. The van der Waals surface area contributed by atoms with Crippen LogP contribution >= 0.6 is 0 Å². The fourth-order valence-corrected chi connectivity index (χ4v) is 4.11. The number of rotatable bonds is 4. The van der Waals surface area contributed by atoms with Gasteiger partial charge in [0.1, 0.15) is 5.69 Å². The minimum absolute atomic E-state index is 0.0221. The largest absolute Gasteiger partial charge is 0.382 e. The maximum absolute atomic E-state index is 12.1. The molecule has 5 rings (SSSR count). The van der Waals surface area contributed by atoms with Gasteiger partial charge in [0, 0.05) is 41.9 Å². The lowest BCUT2D eigenvalue weighted by Crippen LogP contribution is -2.10. The van der Waals surface area contributed by atoms with Crippen LogP contribution in [0.1, 0.15) is 29.4 Å². The predicted molar refractivity (Wildman–Crippen MR) is 127 cm³/mol. The first kappa shape index (κ1) is 19.9. The van der Waals surface area contributed by atoms with Gasteiger partial charge in [-0.2, -0.15) is 0 Å². The van der Waals surface area contributed by atoms with Gasteiger partial charge in [-0.05, 0) is 53.3 Å². The molecule has 0 radical (unpaired) electrons. The van der Waals surface area contributed by atoms with Gasteiger partial charge in [-0.1, -0.05) is 25.1 Å². The van der Waals surface area contributed by atoms with E-state index >= 15 is 0 Å². The van der Waals surface area contributed by atoms with Crippen molar-refractivity contribution in [3.8, 4) is 22.4 Å². The Hall–Kier alpha value is -4.06. The van der Waals surface area contributed by atoms with Gasteiger partial charge in [-0.25, -0.2) is 0 Å². The first-order valence-corrected chi connectivity index (χ1v) is 10.7. The second-order valence-corrected chi connectivity index (χ2v) is 7.83. The topological polar surface area (TPSA) is 84.0 Å². The average Bonchev–Trinajstić information content (AvgIpc) is 3.03. The van der Waals surface area contributed by atoms with Gasteiger partial charge in [0.05, 0.1) is 17.1 Å². The molecule has 2 aromatic heterocycles. The predicted octanol–water partition coefficient (Wildman–Crippen LogP) is 5.09. The van der Waals surface area contributed by atoms with E-state index in [1.807, 2.05) is 30.5 Å². The van der Waals surface area contributed by atoms with Crippen LogP contribution in [-0.4, -0.2) is 28.7 Å². The van der Waals surface area contributed by atoms with Crippen LogP contribution in [-0.2, 0) is 11.2 Å². The molecule has 1 amide bonds. The van der Waals surface area contributed by atoms with E-state index in [4.69, 9.17) is 0 Å². The van der Waals surface area contributed by atoms with Crippen molar-refractivity contribution < 1.29 is 9.59 Å². The summed E-state index contributed by atoms with van der Waals surface area (Å²) in [5, 5.41) is 8.58. The average molecular weight is 422 g/mol. The highest BCUT2D eigenvalue weighted by molar-refractivity contribution is 6.05. The van der Waals surface area contributed by atoms with Gasteiger partial charge in [0.15, 0.2) is 6.29 Å². The van der Waals surface area contributed by atoms with Crippen LogP contribution in [0.5, 0.6) is 0 Å². The summed E-state index contributed by atoms with van der Waals surface area (Å²) in [7, 11) is 0. The van der Waals surface area contributed by atoms with E-state index in [2.05, 4.69) is 45.7 Å². The van der Waals surface area contributed by atoms with Crippen molar-refractivity contribution in [1.29, 1.82) is 0 Å². The monoisotopic (exact) mass is 422 g/mol. The van der Waals surface area contributed by atoms with E-state index in [0.717, 1.165) is 62.8 Å². The number of aryl methyl sites for hydroxylation is 1. The molecule has 6 heteroatoms. The lowest BCUT2D eigenvalue weighted by atomic mass is 9.94. The van der Waals surface area contributed by atoms with Gasteiger partial charge in [0.2, 0.25) is 5.91 Å². The molecule has 0 fully saturated rings. The van der Waals surface area contributed by atoms with Crippen LogP contribution in [0.15, 0.2) is 60.9 Å². The standard InChI is InChI=1S/C26H22N4O2/c1-2-16-10-21(26-24(11-16)30-25(32)8-9-27-26)20-5-3-4-17-12-23(29-14-22(17)20)18-6-7-19(15-31)28-13-18/h3-7,10-15,27H,2,8-9H2,1H3,(H,30,32). The van der Waals surface area contributed by atoms with Crippen LogP contribution in [0.4, 0.5) is 11.4 Å². The van der Waals surface area contributed by atoms with E-state index in [0.29, 0.717) is 18.7 Å². The highest BCUT2D eigenvalue weighted by atomic mass is 16.1. The molecule has 0 bridgehead atoms. The van der Waals surface area contributed by atoms with Crippen LogP contribution in [0, 0.1) is 0 Å². The normalized spacial score (nSPS) is 13.1. The van der Waals surface area contributed by atoms with Gasteiger partial charge in [-0.15, -0.1) is 0 Å². The van der Waals surface area contributed by atoms with E-state index in [-0.39, 0.29) is 5.91 Å². The number of fused-ring (bicyclic) bond motifs is 2. The third kappa shape index (κ3) is 3.60. The van der Waals surface area contributed by atoms with E-state index in [1.165, 1.54) is 0 Å². The Balaban J connectivity index is 1.66. The maximum atomic E-state index is 12.1. The third-order valence-electron chi connectivity index (χ3n) is 5.79. The van der Waals surface area contributed by atoms with E-state index in [9.17, 15) is 9.59 Å². The van der Waals surface area contributed by atoms with Gasteiger partial charge < -0.3 is 10.6 Å². The molecule has 32 heavy (non-hydrogen) atoms. The molecule has 6 nitrogen and oxygen atoms in total. The zero-order chi connectivity index (χ0) is 22.1. The van der Waals surface area contributed by atoms with Crippen molar-refractivity contribution in [3.05, 3.63) is 72.2 Å². The molecule has 0 atom stereocenters. The Kier molecular flexibility index (Phi) is 5.11. The summed E-state index contributed by atoms with van der Waals surface area (Å²) in [5.41, 5.74) is 7.09. The summed E-state index contributed by atoms with van der Waals surface area (Å²) >= 11 is 0. The lowest BCUT2D eigenvalue weighted by molar-refractivity contribution is -0.115. The molecule has 3 heterocycles. The Labute approximate surface area is 185 Å². The van der Waals surface area contributed by atoms with Gasteiger partial charge in [0.25, 0.3) is 0 Å². The molecule has 1 aliphatic rings. The molecule has 4 aromatic rings. The number of aromatic nitrogens is 2. The van der Waals surface area contributed by atoms with E-state index in [1.54, 1.807) is 12.3 Å². The Morgan fingerprint density at radius 2 is 1.94 bits per heavy atom. The van der Waals surface area contributed by atoms with Crippen molar-refractivity contribution in [3.63, 3.8) is 0 Å². The molecule has 0 aliphatic carbocycles. The van der Waals surface area contributed by atoms with Crippen molar-refractivity contribution >= 4 is 34.3 Å². The number of hydrogen-bond donors (Lipinski definition) is 2. The Bertz CT molecular complexity index is 1350. The number of hydrogen-bond acceptors (Lipinski definition) is 5. The number of amides is 1. The summed E-state index contributed by atoms with van der Waals surface area (Å²) in [6.45, 7) is 2.70. The zero-order valence-corrected chi connectivity index (χ0v) is 17.7. The second kappa shape index (κ2) is 8.23. The number of anilines is 2. The molecule has 1 aliphatic heterocycles. The Morgan fingerprint density at radius 1 is 1.03 bits per heavy atom. The quantitative estimate of drug-likeness (QED) is 0.448. The molecular formula is C26H22N4O2. The molecule has 0 saturated carbocycles. The molecule has 2 N–H and O–H groups in total. The van der Waals surface area contributed by atoms with Crippen molar-refractivity contribution in [2.75, 3.05) is 17.2 Å². The summed E-state index contributed by atoms with van der Waals surface area (Å²) < 4.78 is 0. The second-order valence-electron chi connectivity index (χ2n) is 7.83. The first-order chi connectivity index (χ1) is 15.7. The van der Waals surface area contributed by atoms with Crippen LogP contribution in [0.2, 0.25) is 0 Å². The number of benzene rings is 2. The number of nitrogens with zero attached hydrogens (tertiary/aromatic N) is 2. The summed E-state index contributed by atoms with van der Waals surface area (Å²) in [4.78, 5) is 31.9. The number of pyridine rings is 2. The molecule has 0 spiro atoms. The van der Waals surface area contributed by atoms with Crippen molar-refractivity contribution in [2.45, 2.75) is 19.8 Å². The summed E-state index contributed by atoms with van der Waals surface area (Å²) in [5.74, 6) is 0.0221. The Morgan fingerprint density at radius 3 is 2.72 bits per heavy atom. The molecule has 158 valence electrons. The highest BCUT2D eigenvalue weighted by Gasteiger charge is 2.19. The first-order valence-electron chi connectivity index (χ1n) is 10.7. The van der Waals surface area contributed by atoms with Gasteiger partial charge >= 0.3 is 0 Å². The van der Waals surface area contributed by atoms with Crippen LogP contribution in [0.25, 0.3) is 33.2 Å². The minimum atomic E-state index is 0.0221. The van der Waals surface area contributed by atoms with Crippen molar-refractivity contribution in [2.24, 2.45) is 0 Å². The fraction of sp³-hybridized carbons (Fsp3) is 0.154. The van der Waals surface area contributed by atoms with Crippen LogP contribution < -0.4 is 10.6 Å². The zero-order valence-electron chi connectivity index (χ0n) is 17.7. The smallest absolute Gasteiger partial charge is 0.226 e. The number of carbonyl (C=O) groups is 2. The maximum Gasteiger partial charge on any atom is 0.226 e. The van der Waals surface area contributed by atoms with Crippen LogP contribution in [0.3, 0.4) is 0 Å². The minimum Gasteiger partial charge on any atom is -0.382 e. The fourth-order valence-electron chi connectivity index (χ4n) is 4.11. The van der Waals surface area contributed by atoms with E-state index < -0.39 is 0 Å². The van der Waals surface area contributed by atoms with Gasteiger partial charge in [-0.3, -0.25) is 19.6 Å².